The summed E-state index contributed by atoms with van der Waals surface area (Å²) in [6, 6.07) is 15.4. The molecule has 1 amide bonds. The van der Waals surface area contributed by atoms with E-state index >= 15 is 0 Å². The van der Waals surface area contributed by atoms with Crippen molar-refractivity contribution in [3.8, 4) is 0 Å². The number of hydrogen-bond donors (Lipinski definition) is 1. The molecule has 4 nitrogen and oxygen atoms in total. The fraction of sp³-hybridized carbons (Fsp3) is 0.158. The molecule has 0 radical (unpaired) electrons. The highest BCUT2D eigenvalue weighted by molar-refractivity contribution is 7.99. The molecule has 1 aromatic heterocycles. The highest BCUT2D eigenvalue weighted by atomic mass is 35.5. The molecule has 0 saturated heterocycles. The molecule has 25 heavy (non-hydrogen) atoms. The zero-order valence-corrected chi connectivity index (χ0v) is 15.0. The summed E-state index contributed by atoms with van der Waals surface area (Å²) in [4.78, 5) is 19.9. The molecule has 0 atom stereocenters. The summed E-state index contributed by atoms with van der Waals surface area (Å²) < 4.78 is 0. The lowest BCUT2D eigenvalue weighted by Crippen LogP contribution is -2.37. The lowest BCUT2D eigenvalue weighted by Gasteiger charge is -2.28. The number of amides is 1. The summed E-state index contributed by atoms with van der Waals surface area (Å²) in [6.07, 6.45) is 1.76. The number of benzene rings is 2. The topological polar surface area (TPSA) is 45.2 Å². The van der Waals surface area contributed by atoms with Crippen LogP contribution in [0.4, 0.5) is 5.69 Å². The second-order valence-corrected chi connectivity index (χ2v) is 7.21. The SMILES string of the molecule is O=C1c2ccccc2SCN1CCNc1ccnc2cc(Cl)ccc12. The fourth-order valence-electron chi connectivity index (χ4n) is 2.91. The molecule has 0 aliphatic carbocycles. The van der Waals surface area contributed by atoms with E-state index in [-0.39, 0.29) is 5.91 Å². The van der Waals surface area contributed by atoms with Gasteiger partial charge in [0.15, 0.2) is 0 Å². The van der Waals surface area contributed by atoms with Gasteiger partial charge in [0, 0.05) is 40.3 Å². The van der Waals surface area contributed by atoms with Crippen molar-refractivity contribution in [2.75, 3.05) is 24.3 Å². The molecule has 2 aromatic carbocycles. The number of rotatable bonds is 4. The normalized spacial score (nSPS) is 13.8. The molecule has 0 spiro atoms. The van der Waals surface area contributed by atoms with Crippen LogP contribution >= 0.6 is 23.4 Å². The first-order valence-electron chi connectivity index (χ1n) is 8.01. The molecule has 0 unspecified atom stereocenters. The van der Waals surface area contributed by atoms with E-state index in [4.69, 9.17) is 11.6 Å². The number of aromatic nitrogens is 1. The lowest BCUT2D eigenvalue weighted by molar-refractivity contribution is 0.0783. The highest BCUT2D eigenvalue weighted by Gasteiger charge is 2.23. The molecule has 126 valence electrons. The van der Waals surface area contributed by atoms with Crippen LogP contribution in [0.3, 0.4) is 0 Å². The van der Waals surface area contributed by atoms with Crippen molar-refractivity contribution in [1.29, 1.82) is 0 Å². The summed E-state index contributed by atoms with van der Waals surface area (Å²) in [5.74, 6) is 0.784. The number of fused-ring (bicyclic) bond motifs is 2. The lowest BCUT2D eigenvalue weighted by atomic mass is 10.2. The van der Waals surface area contributed by atoms with Crippen LogP contribution in [0.25, 0.3) is 10.9 Å². The smallest absolute Gasteiger partial charge is 0.255 e. The van der Waals surface area contributed by atoms with E-state index in [0.29, 0.717) is 24.0 Å². The maximum absolute atomic E-state index is 12.6. The number of pyridine rings is 1. The summed E-state index contributed by atoms with van der Waals surface area (Å²) >= 11 is 7.73. The molecule has 4 rings (SSSR count). The van der Waals surface area contributed by atoms with Crippen LogP contribution in [0.5, 0.6) is 0 Å². The first-order chi connectivity index (χ1) is 12.2. The van der Waals surface area contributed by atoms with Crippen molar-refractivity contribution in [1.82, 2.24) is 9.88 Å². The first kappa shape index (κ1) is 16.2. The Morgan fingerprint density at radius 1 is 1.20 bits per heavy atom. The number of halogens is 1. The van der Waals surface area contributed by atoms with Gasteiger partial charge in [-0.3, -0.25) is 9.78 Å². The van der Waals surface area contributed by atoms with Gasteiger partial charge in [0.25, 0.3) is 5.91 Å². The van der Waals surface area contributed by atoms with Crippen molar-refractivity contribution in [2.45, 2.75) is 4.90 Å². The third-order valence-electron chi connectivity index (χ3n) is 4.18. The minimum absolute atomic E-state index is 0.0996. The van der Waals surface area contributed by atoms with Crippen molar-refractivity contribution in [3.05, 3.63) is 65.3 Å². The van der Waals surface area contributed by atoms with Crippen LogP contribution in [0.2, 0.25) is 5.02 Å². The third-order valence-corrected chi connectivity index (χ3v) is 5.53. The molecule has 0 saturated carbocycles. The molecular weight excluding hydrogens is 354 g/mol. The number of nitrogens with zero attached hydrogens (tertiary/aromatic N) is 2. The summed E-state index contributed by atoms with van der Waals surface area (Å²) in [6.45, 7) is 1.33. The Bertz CT molecular complexity index is 947. The molecular formula is C19H16ClN3OS. The maximum Gasteiger partial charge on any atom is 0.255 e. The van der Waals surface area contributed by atoms with Crippen LogP contribution in [0.1, 0.15) is 10.4 Å². The molecule has 1 aliphatic heterocycles. The minimum atomic E-state index is 0.0996. The van der Waals surface area contributed by atoms with Crippen molar-refractivity contribution < 1.29 is 4.79 Å². The van der Waals surface area contributed by atoms with Gasteiger partial charge in [-0.1, -0.05) is 23.7 Å². The Morgan fingerprint density at radius 2 is 2.08 bits per heavy atom. The van der Waals surface area contributed by atoms with Crippen LogP contribution in [-0.2, 0) is 0 Å². The van der Waals surface area contributed by atoms with Crippen molar-refractivity contribution in [3.63, 3.8) is 0 Å². The Hall–Kier alpha value is -2.24. The first-order valence-corrected chi connectivity index (χ1v) is 9.38. The Balaban J connectivity index is 1.44. The van der Waals surface area contributed by atoms with Gasteiger partial charge < -0.3 is 10.2 Å². The summed E-state index contributed by atoms with van der Waals surface area (Å²) in [5.41, 5.74) is 2.65. The maximum atomic E-state index is 12.6. The number of nitrogens with one attached hydrogen (secondary N) is 1. The largest absolute Gasteiger partial charge is 0.383 e. The van der Waals surface area contributed by atoms with Crippen LogP contribution in [-0.4, -0.2) is 34.8 Å². The van der Waals surface area contributed by atoms with Crippen molar-refractivity contribution >= 4 is 45.9 Å². The minimum Gasteiger partial charge on any atom is -0.383 e. The Kier molecular flexibility index (Phi) is 4.51. The zero-order valence-electron chi connectivity index (χ0n) is 13.4. The number of carbonyl (C=O) groups excluding carboxylic acids is 1. The van der Waals surface area contributed by atoms with Crippen molar-refractivity contribution in [2.24, 2.45) is 0 Å². The van der Waals surface area contributed by atoms with Gasteiger partial charge in [-0.05, 0) is 36.4 Å². The monoisotopic (exact) mass is 369 g/mol. The molecule has 2 heterocycles. The van der Waals surface area contributed by atoms with E-state index in [1.807, 2.05) is 53.4 Å². The molecule has 6 heteroatoms. The molecule has 0 fully saturated rings. The van der Waals surface area contributed by atoms with Gasteiger partial charge in [-0.2, -0.15) is 0 Å². The number of carbonyl (C=O) groups is 1. The molecule has 1 aliphatic rings. The number of thioether (sulfide) groups is 1. The Labute approximate surface area is 155 Å². The number of anilines is 1. The average molecular weight is 370 g/mol. The van der Waals surface area contributed by atoms with E-state index in [0.717, 1.165) is 27.0 Å². The standard InChI is InChI=1S/C19H16ClN3OS/c20-13-5-6-14-16(7-8-21-17(14)11-13)22-9-10-23-12-25-18-4-2-1-3-15(18)19(23)24/h1-8,11H,9-10,12H2,(H,21,22). The molecule has 3 aromatic rings. The van der Waals surface area contributed by atoms with Crippen LogP contribution < -0.4 is 5.32 Å². The summed E-state index contributed by atoms with van der Waals surface area (Å²) in [5, 5.41) is 5.11. The fourth-order valence-corrected chi connectivity index (χ4v) is 4.11. The van der Waals surface area contributed by atoms with Gasteiger partial charge in [0.1, 0.15) is 0 Å². The quantitative estimate of drug-likeness (QED) is 0.735. The van der Waals surface area contributed by atoms with Gasteiger partial charge >= 0.3 is 0 Å². The third kappa shape index (κ3) is 3.30. The predicted molar refractivity (Wildman–Crippen MR) is 103 cm³/mol. The molecule has 1 N–H and O–H groups in total. The predicted octanol–water partition coefficient (Wildman–Crippen LogP) is 4.51. The van der Waals surface area contributed by atoms with Crippen LogP contribution in [0.15, 0.2) is 59.6 Å². The van der Waals surface area contributed by atoms with Gasteiger partial charge in [0.2, 0.25) is 0 Å². The zero-order chi connectivity index (χ0) is 17.2. The Morgan fingerprint density at radius 3 is 3.00 bits per heavy atom. The second-order valence-electron chi connectivity index (χ2n) is 5.78. The van der Waals surface area contributed by atoms with E-state index in [1.54, 1.807) is 18.0 Å². The molecule has 0 bridgehead atoms. The van der Waals surface area contributed by atoms with Crippen LogP contribution in [0, 0.1) is 0 Å². The van der Waals surface area contributed by atoms with E-state index in [2.05, 4.69) is 10.3 Å². The van der Waals surface area contributed by atoms with Gasteiger partial charge in [-0.15, -0.1) is 11.8 Å². The van der Waals surface area contributed by atoms with E-state index in [9.17, 15) is 4.79 Å². The van der Waals surface area contributed by atoms with E-state index < -0.39 is 0 Å². The number of hydrogen-bond acceptors (Lipinski definition) is 4. The van der Waals surface area contributed by atoms with Gasteiger partial charge in [-0.25, -0.2) is 0 Å². The second kappa shape index (κ2) is 6.94. The highest BCUT2D eigenvalue weighted by Crippen LogP contribution is 2.30. The van der Waals surface area contributed by atoms with Gasteiger partial charge in [0.05, 0.1) is 17.0 Å². The van der Waals surface area contributed by atoms with E-state index in [1.165, 1.54) is 0 Å². The summed E-state index contributed by atoms with van der Waals surface area (Å²) in [7, 11) is 0. The average Bonchev–Trinajstić information content (AvgIpc) is 2.63.